The van der Waals surface area contributed by atoms with Crippen LogP contribution in [0.5, 0.6) is 0 Å². The predicted octanol–water partition coefficient (Wildman–Crippen LogP) is 4.14. The fourth-order valence-corrected chi connectivity index (χ4v) is 5.83. The second-order valence-corrected chi connectivity index (χ2v) is 10.9. The van der Waals surface area contributed by atoms with Crippen molar-refractivity contribution in [2.24, 2.45) is 0 Å². The number of amides is 2. The number of aromatic nitrogens is 4. The summed E-state index contributed by atoms with van der Waals surface area (Å²) in [5.41, 5.74) is 13.9. The molecule has 2 aliphatic heterocycles. The second-order valence-electron chi connectivity index (χ2n) is 10.9. The van der Waals surface area contributed by atoms with E-state index in [-0.39, 0.29) is 18.6 Å². The summed E-state index contributed by atoms with van der Waals surface area (Å²) in [6.07, 6.45) is 1.89. The molecule has 5 heterocycles. The summed E-state index contributed by atoms with van der Waals surface area (Å²) in [7, 11) is 0. The van der Waals surface area contributed by atoms with E-state index in [1.807, 2.05) is 54.7 Å². The number of nitrogens with two attached hydrogens (primary N) is 1. The molecule has 11 heteroatoms. The highest BCUT2D eigenvalue weighted by Gasteiger charge is 2.24. The van der Waals surface area contributed by atoms with Gasteiger partial charge in [-0.3, -0.25) is 9.88 Å². The van der Waals surface area contributed by atoms with Gasteiger partial charge in [-0.05, 0) is 34.9 Å². The van der Waals surface area contributed by atoms with Gasteiger partial charge in [-0.15, -0.1) is 0 Å². The number of aliphatic hydroxyl groups is 1. The van der Waals surface area contributed by atoms with Crippen LogP contribution in [0, 0.1) is 0 Å². The van der Waals surface area contributed by atoms with Gasteiger partial charge in [-0.1, -0.05) is 42.5 Å². The normalized spacial score (nSPS) is 15.1. The molecule has 0 atom stereocenters. The number of nitrogen functional groups attached to an aromatic ring is 1. The summed E-state index contributed by atoms with van der Waals surface area (Å²) in [6.45, 7) is 4.94. The number of morpholine rings is 1. The number of rotatable bonds is 6. The number of hydrogen-bond acceptors (Lipinski definition) is 8. The molecule has 0 saturated carbocycles. The van der Waals surface area contributed by atoms with Gasteiger partial charge in [0.05, 0.1) is 36.9 Å². The van der Waals surface area contributed by atoms with Gasteiger partial charge in [0.25, 0.3) is 0 Å². The van der Waals surface area contributed by atoms with E-state index in [4.69, 9.17) is 15.5 Å². The number of carbonyl (C=O) groups is 1. The van der Waals surface area contributed by atoms with Gasteiger partial charge in [0.2, 0.25) is 5.95 Å². The Kier molecular flexibility index (Phi) is 7.19. The third kappa shape index (κ3) is 5.41. The molecule has 0 spiro atoms. The minimum absolute atomic E-state index is 0.0953. The lowest BCUT2D eigenvalue weighted by atomic mass is 10.0. The first-order valence-electron chi connectivity index (χ1n) is 14.3. The van der Waals surface area contributed by atoms with Crippen LogP contribution in [-0.4, -0.2) is 67.2 Å². The topological polar surface area (TPSA) is 146 Å². The molecule has 2 aromatic carbocycles. The van der Waals surface area contributed by atoms with Gasteiger partial charge >= 0.3 is 6.03 Å². The molecule has 0 unspecified atom stereocenters. The molecule has 7 rings (SSSR count). The van der Waals surface area contributed by atoms with E-state index in [0.29, 0.717) is 41.2 Å². The largest absolute Gasteiger partial charge is 0.392 e. The Bertz CT molecular complexity index is 1770. The quantitative estimate of drug-likeness (QED) is 0.236. The summed E-state index contributed by atoms with van der Waals surface area (Å²) in [4.78, 5) is 34.4. The number of anilines is 2. The van der Waals surface area contributed by atoms with E-state index in [2.05, 4.69) is 31.2 Å². The number of pyridine rings is 1. The maximum absolute atomic E-state index is 13.2. The first-order valence-corrected chi connectivity index (χ1v) is 14.3. The Labute approximate surface area is 248 Å². The van der Waals surface area contributed by atoms with Crippen molar-refractivity contribution in [2.45, 2.75) is 26.2 Å². The van der Waals surface area contributed by atoms with Crippen molar-refractivity contribution in [2.75, 3.05) is 37.4 Å². The third-order valence-electron chi connectivity index (χ3n) is 8.07. The van der Waals surface area contributed by atoms with Gasteiger partial charge in [0.1, 0.15) is 5.65 Å². The van der Waals surface area contributed by atoms with E-state index in [9.17, 15) is 9.90 Å². The Morgan fingerprint density at radius 3 is 2.53 bits per heavy atom. The lowest BCUT2D eigenvalue weighted by Gasteiger charge is -2.26. The highest BCUT2D eigenvalue weighted by molar-refractivity contribution is 5.98. The number of benzene rings is 2. The number of H-pyrrole nitrogens is 1. The van der Waals surface area contributed by atoms with Crippen LogP contribution in [0.4, 0.5) is 16.4 Å². The van der Waals surface area contributed by atoms with Crippen LogP contribution in [0.2, 0.25) is 0 Å². The Balaban J connectivity index is 1.17. The number of fused-ring (bicyclic) bond motifs is 2. The maximum atomic E-state index is 13.2. The molecule has 11 nitrogen and oxygen atoms in total. The molecule has 2 amide bonds. The smallest absolute Gasteiger partial charge is 0.322 e. The minimum Gasteiger partial charge on any atom is -0.392 e. The molecule has 1 saturated heterocycles. The fourth-order valence-electron chi connectivity index (χ4n) is 5.83. The molecule has 43 heavy (non-hydrogen) atoms. The van der Waals surface area contributed by atoms with Gasteiger partial charge in [0, 0.05) is 61.1 Å². The molecular weight excluding hydrogens is 544 g/mol. The van der Waals surface area contributed by atoms with Crippen LogP contribution in [0.15, 0.2) is 66.9 Å². The minimum atomic E-state index is -0.305. The number of nitrogens with zero attached hydrogens (tertiary/aromatic N) is 5. The lowest BCUT2D eigenvalue weighted by molar-refractivity contribution is 0.0341. The molecular formula is C32H32N8O3. The van der Waals surface area contributed by atoms with Gasteiger partial charge in [-0.25, -0.2) is 9.78 Å². The number of nitrogens with one attached hydrogen (secondary N) is 2. The fraction of sp³-hybridized carbons (Fsp3) is 0.250. The van der Waals surface area contributed by atoms with Crippen molar-refractivity contribution in [3.05, 3.63) is 89.1 Å². The van der Waals surface area contributed by atoms with E-state index in [1.54, 1.807) is 11.0 Å². The average molecular weight is 577 g/mol. The van der Waals surface area contributed by atoms with Crippen molar-refractivity contribution in [3.63, 3.8) is 0 Å². The van der Waals surface area contributed by atoms with Crippen molar-refractivity contribution in [1.82, 2.24) is 29.7 Å². The zero-order valence-corrected chi connectivity index (χ0v) is 23.6. The Morgan fingerprint density at radius 2 is 1.81 bits per heavy atom. The van der Waals surface area contributed by atoms with Crippen LogP contribution >= 0.6 is 0 Å². The second kappa shape index (κ2) is 11.4. The zero-order valence-electron chi connectivity index (χ0n) is 23.6. The zero-order chi connectivity index (χ0) is 29.3. The van der Waals surface area contributed by atoms with E-state index in [0.717, 1.165) is 66.3 Å². The summed E-state index contributed by atoms with van der Waals surface area (Å²) in [5, 5.41) is 14.2. The molecule has 3 aromatic heterocycles. The van der Waals surface area contributed by atoms with Gasteiger partial charge < -0.3 is 30.8 Å². The summed E-state index contributed by atoms with van der Waals surface area (Å²) in [5.74, 6) is 0.0953. The van der Waals surface area contributed by atoms with E-state index in [1.165, 1.54) is 0 Å². The average Bonchev–Trinajstić information content (AvgIpc) is 3.66. The molecule has 5 N–H and O–H groups in total. The highest BCUT2D eigenvalue weighted by Crippen LogP contribution is 2.35. The van der Waals surface area contributed by atoms with Crippen molar-refractivity contribution >= 4 is 28.7 Å². The van der Waals surface area contributed by atoms with Crippen molar-refractivity contribution in [1.29, 1.82) is 0 Å². The van der Waals surface area contributed by atoms with Gasteiger partial charge in [0.15, 0.2) is 0 Å². The highest BCUT2D eigenvalue weighted by atomic mass is 16.5. The number of aliphatic hydroxyl groups excluding tert-OH is 1. The van der Waals surface area contributed by atoms with Crippen molar-refractivity contribution in [3.8, 4) is 22.6 Å². The summed E-state index contributed by atoms with van der Waals surface area (Å²) in [6, 6.07) is 19.3. The summed E-state index contributed by atoms with van der Waals surface area (Å²) >= 11 is 0. The standard InChI is InChI=1S/C32H32N8O3/c33-31-37-29(23-6-3-7-26(25(23)19-41)36-32(42)40-17-21-4-1-2-5-22(21)18-40)24-14-28(35-30(24)38-31)27-9-8-20(15-34-27)16-39-10-12-43-13-11-39/h1-9,14-15,41H,10-13,16-19H2,(H,36,42)(H3,33,35,37,38). The number of ether oxygens (including phenoxy) is 1. The Hall–Kier alpha value is -4.84. The maximum Gasteiger partial charge on any atom is 0.322 e. The number of urea groups is 1. The van der Waals surface area contributed by atoms with E-state index >= 15 is 0 Å². The number of aromatic amines is 1. The molecule has 0 bridgehead atoms. The Morgan fingerprint density at radius 1 is 1.02 bits per heavy atom. The first kappa shape index (κ1) is 27.0. The number of carbonyl (C=O) groups excluding carboxylic acids is 1. The van der Waals surface area contributed by atoms with Crippen LogP contribution in [0.1, 0.15) is 22.3 Å². The molecule has 2 aliphatic rings. The molecule has 218 valence electrons. The third-order valence-corrected chi connectivity index (χ3v) is 8.07. The van der Waals surface area contributed by atoms with Crippen LogP contribution in [-0.2, 0) is 31.0 Å². The van der Waals surface area contributed by atoms with Crippen LogP contribution < -0.4 is 11.1 Å². The van der Waals surface area contributed by atoms with Crippen molar-refractivity contribution < 1.29 is 14.6 Å². The lowest BCUT2D eigenvalue weighted by Crippen LogP contribution is -2.35. The monoisotopic (exact) mass is 576 g/mol. The molecule has 1 fully saturated rings. The van der Waals surface area contributed by atoms with E-state index < -0.39 is 0 Å². The van der Waals surface area contributed by atoms with Crippen LogP contribution in [0.25, 0.3) is 33.7 Å². The predicted molar refractivity (Wildman–Crippen MR) is 164 cm³/mol. The molecule has 5 aromatic rings. The van der Waals surface area contributed by atoms with Crippen LogP contribution in [0.3, 0.4) is 0 Å². The first-order chi connectivity index (χ1) is 21.1. The summed E-state index contributed by atoms with van der Waals surface area (Å²) < 4.78 is 5.45. The van der Waals surface area contributed by atoms with Gasteiger partial charge in [-0.2, -0.15) is 4.98 Å². The molecule has 0 radical (unpaired) electrons. The molecule has 0 aliphatic carbocycles. The SMILES string of the molecule is Nc1nc(-c2cccc(NC(=O)N3Cc4ccccc4C3)c2CO)c2cc(-c3ccc(CN4CCOCC4)cn3)[nH]c2n1. The number of hydrogen-bond donors (Lipinski definition) is 4.